The number of carboxylic acids is 1. The van der Waals surface area contributed by atoms with Crippen molar-refractivity contribution in [2.24, 2.45) is 17.3 Å². The lowest BCUT2D eigenvalue weighted by Gasteiger charge is -2.54. The van der Waals surface area contributed by atoms with Gasteiger partial charge in [-0.15, -0.1) is 0 Å². The predicted octanol–water partition coefficient (Wildman–Crippen LogP) is 1.83. The van der Waals surface area contributed by atoms with E-state index in [1.807, 2.05) is 19.1 Å². The molecule has 2 fully saturated rings. The van der Waals surface area contributed by atoms with Crippen LogP contribution in [0, 0.1) is 17.3 Å². The van der Waals surface area contributed by atoms with Gasteiger partial charge in [0.1, 0.15) is 6.10 Å². The Morgan fingerprint density at radius 1 is 1.17 bits per heavy atom. The Hall–Kier alpha value is -2.36. The summed E-state index contributed by atoms with van der Waals surface area (Å²) in [7, 11) is 0. The van der Waals surface area contributed by atoms with Gasteiger partial charge in [0.15, 0.2) is 23.0 Å². The first kappa shape index (κ1) is 28.2. The molecule has 0 aromatic carbocycles. The van der Waals surface area contributed by atoms with Crippen molar-refractivity contribution >= 4 is 23.3 Å². The number of unbranched alkanes of at least 4 members (excludes halogenated alkanes) is 4. The molecule has 6 atom stereocenters. The van der Waals surface area contributed by atoms with Gasteiger partial charge in [-0.05, 0) is 31.6 Å². The zero-order valence-corrected chi connectivity index (χ0v) is 20.9. The second kappa shape index (κ2) is 11.8. The van der Waals surface area contributed by atoms with E-state index in [2.05, 4.69) is 5.32 Å². The summed E-state index contributed by atoms with van der Waals surface area (Å²) in [5.41, 5.74) is -2.82. The van der Waals surface area contributed by atoms with Gasteiger partial charge in [-0.3, -0.25) is 19.2 Å². The van der Waals surface area contributed by atoms with Gasteiger partial charge in [-0.1, -0.05) is 44.8 Å². The third-order valence-electron chi connectivity index (χ3n) is 8.16. The summed E-state index contributed by atoms with van der Waals surface area (Å²) in [6, 6.07) is 0. The average Bonchev–Trinajstić information content (AvgIpc) is 3.13. The number of nitrogens with one attached hydrogen (secondary N) is 1. The van der Waals surface area contributed by atoms with Crippen molar-refractivity contribution in [1.82, 2.24) is 5.32 Å². The summed E-state index contributed by atoms with van der Waals surface area (Å²) in [6.07, 6.45) is 7.39. The van der Waals surface area contributed by atoms with Crippen LogP contribution < -0.4 is 5.32 Å². The standard InChI is InChI=1S/C27H39NO8/c1-2-3-7-10-18-17(13-20(30)19(29)11-8-5-4-6-9-12-24(33)34)25(35)27(36)16-26(18)21(14-22(27)31)28-15-23(26)32/h3,7,14,17-19,23,28-29,32,36H,2,4-6,8-13,15-16H2,1H3,(H,33,34)/b7-3-/t17-,18+,19+,23+,26?,27+/m0/s1. The van der Waals surface area contributed by atoms with Gasteiger partial charge in [0.2, 0.25) is 0 Å². The van der Waals surface area contributed by atoms with Crippen LogP contribution in [0.3, 0.4) is 0 Å². The van der Waals surface area contributed by atoms with Crippen molar-refractivity contribution in [2.45, 2.75) is 95.4 Å². The number of β-amino-alcohol motifs (C(OH)–C–C–N with tert-alkyl or cyclic N) is 1. The third kappa shape index (κ3) is 5.48. The fraction of sp³-hybridized carbons (Fsp3) is 0.704. The molecule has 1 spiro atoms. The number of aliphatic carboxylic acids is 1. The largest absolute Gasteiger partial charge is 0.481 e. The highest BCUT2D eigenvalue weighted by Gasteiger charge is 2.68. The first-order chi connectivity index (χ1) is 17.1. The van der Waals surface area contributed by atoms with Gasteiger partial charge in [0.25, 0.3) is 0 Å². The Bertz CT molecular complexity index is 927. The maximum absolute atomic E-state index is 13.5. The van der Waals surface area contributed by atoms with Crippen LogP contribution >= 0.6 is 0 Å². The molecule has 0 aromatic heterocycles. The zero-order valence-electron chi connectivity index (χ0n) is 20.9. The average molecular weight is 506 g/mol. The Kier molecular flexibility index (Phi) is 9.24. The van der Waals surface area contributed by atoms with Crippen LogP contribution in [-0.4, -0.2) is 68.1 Å². The zero-order chi connectivity index (χ0) is 26.5. The van der Waals surface area contributed by atoms with Crippen molar-refractivity contribution in [1.29, 1.82) is 0 Å². The van der Waals surface area contributed by atoms with Gasteiger partial charge >= 0.3 is 5.97 Å². The lowest BCUT2D eigenvalue weighted by Crippen LogP contribution is -2.65. The summed E-state index contributed by atoms with van der Waals surface area (Å²) < 4.78 is 0. The van der Waals surface area contributed by atoms with Crippen LogP contribution in [0.15, 0.2) is 23.9 Å². The van der Waals surface area contributed by atoms with E-state index < -0.39 is 58.4 Å². The predicted molar refractivity (Wildman–Crippen MR) is 131 cm³/mol. The maximum Gasteiger partial charge on any atom is 0.303 e. The molecule has 0 aromatic rings. The molecular formula is C27H39NO8. The molecule has 2 aliphatic carbocycles. The van der Waals surface area contributed by atoms with Crippen molar-refractivity contribution in [3.05, 3.63) is 23.9 Å². The third-order valence-corrected chi connectivity index (χ3v) is 8.16. The molecule has 9 nitrogen and oxygen atoms in total. The first-order valence-electron chi connectivity index (χ1n) is 13.1. The molecule has 3 aliphatic rings. The first-order valence-corrected chi connectivity index (χ1v) is 13.1. The minimum atomic E-state index is -2.28. The highest BCUT2D eigenvalue weighted by atomic mass is 16.4. The van der Waals surface area contributed by atoms with E-state index in [1.54, 1.807) is 0 Å². The van der Waals surface area contributed by atoms with E-state index in [4.69, 9.17) is 5.11 Å². The Labute approximate surface area is 211 Å². The molecule has 1 unspecified atom stereocenters. The molecule has 2 bridgehead atoms. The molecule has 200 valence electrons. The lowest BCUT2D eigenvalue weighted by molar-refractivity contribution is -0.174. The highest BCUT2D eigenvalue weighted by Crippen LogP contribution is 2.59. The van der Waals surface area contributed by atoms with E-state index >= 15 is 0 Å². The van der Waals surface area contributed by atoms with Gasteiger partial charge in [0, 0.05) is 48.9 Å². The van der Waals surface area contributed by atoms with E-state index in [0.29, 0.717) is 25.0 Å². The highest BCUT2D eigenvalue weighted by molar-refractivity contribution is 6.17. The number of aliphatic hydroxyl groups excluding tert-OH is 2. The van der Waals surface area contributed by atoms with E-state index in [1.165, 1.54) is 6.08 Å². The number of carboxylic acid groups (broad SMARTS) is 1. The quantitative estimate of drug-likeness (QED) is 0.135. The molecule has 1 saturated heterocycles. The summed E-state index contributed by atoms with van der Waals surface area (Å²) in [5, 5.41) is 44.4. The second-order valence-electron chi connectivity index (χ2n) is 10.5. The fourth-order valence-corrected chi connectivity index (χ4v) is 6.20. The topological polar surface area (TPSA) is 161 Å². The Morgan fingerprint density at radius 2 is 1.86 bits per heavy atom. The van der Waals surface area contributed by atoms with Gasteiger partial charge in [0.05, 0.1) is 6.10 Å². The summed E-state index contributed by atoms with van der Waals surface area (Å²) in [5.74, 6) is -4.30. The molecule has 5 N–H and O–H groups in total. The number of hydrogen-bond donors (Lipinski definition) is 5. The van der Waals surface area contributed by atoms with Crippen LogP contribution in [0.1, 0.15) is 77.6 Å². The van der Waals surface area contributed by atoms with Gasteiger partial charge in [-0.2, -0.15) is 0 Å². The number of carbonyl (C=O) groups excluding carboxylic acids is 3. The lowest BCUT2D eigenvalue weighted by atomic mass is 9.49. The molecule has 9 heteroatoms. The molecule has 1 heterocycles. The number of rotatable bonds is 14. The molecule has 3 rings (SSSR count). The van der Waals surface area contributed by atoms with Crippen molar-refractivity contribution < 1.29 is 39.6 Å². The minimum Gasteiger partial charge on any atom is -0.481 e. The van der Waals surface area contributed by atoms with Gasteiger partial charge in [-0.25, -0.2) is 0 Å². The van der Waals surface area contributed by atoms with Crippen LogP contribution in [0.5, 0.6) is 0 Å². The molecule has 1 saturated carbocycles. The monoisotopic (exact) mass is 505 g/mol. The van der Waals surface area contributed by atoms with Crippen LogP contribution in [0.25, 0.3) is 0 Å². The van der Waals surface area contributed by atoms with Crippen molar-refractivity contribution in [2.75, 3.05) is 6.54 Å². The normalized spacial score (nSPS) is 32.2. The van der Waals surface area contributed by atoms with Crippen LogP contribution in [0.2, 0.25) is 0 Å². The van der Waals surface area contributed by atoms with Crippen molar-refractivity contribution in [3.8, 4) is 0 Å². The molecular weight excluding hydrogens is 466 g/mol. The fourth-order valence-electron chi connectivity index (χ4n) is 6.20. The number of aliphatic hydroxyl groups is 3. The summed E-state index contributed by atoms with van der Waals surface area (Å²) >= 11 is 0. The van der Waals surface area contributed by atoms with E-state index in [9.17, 15) is 34.5 Å². The number of allylic oxidation sites excluding steroid dienone is 2. The van der Waals surface area contributed by atoms with Gasteiger partial charge < -0.3 is 25.7 Å². The van der Waals surface area contributed by atoms with E-state index in [0.717, 1.165) is 25.7 Å². The van der Waals surface area contributed by atoms with Crippen LogP contribution in [-0.2, 0) is 19.2 Å². The summed E-state index contributed by atoms with van der Waals surface area (Å²) in [4.78, 5) is 49.8. The smallest absolute Gasteiger partial charge is 0.303 e. The second-order valence-corrected chi connectivity index (χ2v) is 10.5. The Balaban J connectivity index is 1.72. The molecule has 0 amide bonds. The maximum atomic E-state index is 13.5. The number of Topliss-reactive ketones (excluding diaryl/α,β-unsaturated/α-hetero) is 2. The minimum absolute atomic E-state index is 0.128. The molecule has 36 heavy (non-hydrogen) atoms. The molecule has 1 aliphatic heterocycles. The van der Waals surface area contributed by atoms with E-state index in [-0.39, 0.29) is 32.2 Å². The number of carbonyl (C=O) groups is 4. The summed E-state index contributed by atoms with van der Waals surface area (Å²) in [6.45, 7) is 2.16. The number of fused-ring (bicyclic) bond motifs is 1. The SMILES string of the molecule is CC/C=C\C[C@@H]1[C@H](CC(=O)[C@H](O)CCCCCCCC(=O)O)C(=O)[C@@]2(O)CC13C(=CC2=O)NC[C@H]3O. The Morgan fingerprint density at radius 3 is 2.56 bits per heavy atom. The number of ketones is 3. The molecule has 0 radical (unpaired) electrons. The van der Waals surface area contributed by atoms with Crippen LogP contribution in [0.4, 0.5) is 0 Å². The van der Waals surface area contributed by atoms with Crippen molar-refractivity contribution in [3.63, 3.8) is 0 Å². The number of hydrogen-bond acceptors (Lipinski definition) is 8.